The van der Waals surface area contributed by atoms with E-state index in [1.165, 1.54) is 12.1 Å². The normalized spacial score (nSPS) is 9.79. The quantitative estimate of drug-likeness (QED) is 0.800. The highest BCUT2D eigenvalue weighted by molar-refractivity contribution is 5.71. The highest BCUT2D eigenvalue weighted by Crippen LogP contribution is 2.17. The minimum Gasteiger partial charge on any atom is -0.481 e. The second-order valence-electron chi connectivity index (χ2n) is 3.00. The minimum absolute atomic E-state index is 0.0518. The number of carboxylic acid groups (broad SMARTS) is 1. The summed E-state index contributed by atoms with van der Waals surface area (Å²) in [5.74, 6) is -1.16. The van der Waals surface area contributed by atoms with Crippen molar-refractivity contribution in [2.24, 2.45) is 0 Å². The van der Waals surface area contributed by atoms with Crippen molar-refractivity contribution in [3.8, 4) is 0 Å². The molecule has 0 aliphatic carbocycles. The summed E-state index contributed by atoms with van der Waals surface area (Å²) in [6, 6.07) is 5.86. The molecule has 0 fully saturated rings. The van der Waals surface area contributed by atoms with Gasteiger partial charge in [-0.25, -0.2) is 4.39 Å². The van der Waals surface area contributed by atoms with Gasteiger partial charge in [0.25, 0.3) is 0 Å². The van der Waals surface area contributed by atoms with Crippen molar-refractivity contribution >= 4 is 11.5 Å². The standard InChI is InChI=1S/C11H11FO2/c1-8(2-7-11(13)14)9-3-5-10(12)6-4-9/h3-6H,1-2,7H2,(H,13,14). The van der Waals surface area contributed by atoms with Crippen molar-refractivity contribution in [1.29, 1.82) is 0 Å². The van der Waals surface area contributed by atoms with Gasteiger partial charge in [-0.05, 0) is 29.7 Å². The van der Waals surface area contributed by atoms with Crippen LogP contribution in [-0.4, -0.2) is 11.1 Å². The van der Waals surface area contributed by atoms with Crippen LogP contribution in [0.2, 0.25) is 0 Å². The van der Waals surface area contributed by atoms with Crippen molar-refractivity contribution in [1.82, 2.24) is 0 Å². The highest BCUT2D eigenvalue weighted by atomic mass is 19.1. The maximum atomic E-state index is 12.5. The van der Waals surface area contributed by atoms with Crippen LogP contribution < -0.4 is 0 Å². The summed E-state index contributed by atoms with van der Waals surface area (Å²) in [5.41, 5.74) is 1.50. The average Bonchev–Trinajstić information content (AvgIpc) is 2.15. The molecule has 2 nitrogen and oxygen atoms in total. The summed E-state index contributed by atoms with van der Waals surface area (Å²) >= 11 is 0. The molecule has 1 rings (SSSR count). The Labute approximate surface area is 81.7 Å². The highest BCUT2D eigenvalue weighted by Gasteiger charge is 2.02. The summed E-state index contributed by atoms with van der Waals surface area (Å²) in [5, 5.41) is 8.45. The molecule has 0 radical (unpaired) electrons. The first-order valence-electron chi connectivity index (χ1n) is 4.25. The molecule has 3 heteroatoms. The number of hydrogen-bond acceptors (Lipinski definition) is 1. The van der Waals surface area contributed by atoms with Crippen molar-refractivity contribution in [2.45, 2.75) is 12.8 Å². The van der Waals surface area contributed by atoms with Gasteiger partial charge < -0.3 is 5.11 Å². The Morgan fingerprint density at radius 2 is 1.86 bits per heavy atom. The molecule has 14 heavy (non-hydrogen) atoms. The second kappa shape index (κ2) is 4.56. The zero-order valence-corrected chi connectivity index (χ0v) is 7.66. The topological polar surface area (TPSA) is 37.3 Å². The van der Waals surface area contributed by atoms with E-state index in [-0.39, 0.29) is 12.2 Å². The Balaban J connectivity index is 2.61. The van der Waals surface area contributed by atoms with Gasteiger partial charge in [-0.15, -0.1) is 0 Å². The fraction of sp³-hybridized carbons (Fsp3) is 0.182. The molecule has 0 aliphatic rings. The van der Waals surface area contributed by atoms with Crippen molar-refractivity contribution in [2.75, 3.05) is 0 Å². The molecule has 0 bridgehead atoms. The summed E-state index contributed by atoms with van der Waals surface area (Å²) in [6.07, 6.45) is 0.442. The number of aliphatic carboxylic acids is 1. The molecule has 0 unspecified atom stereocenters. The van der Waals surface area contributed by atoms with E-state index in [1.54, 1.807) is 12.1 Å². The number of allylic oxidation sites excluding steroid dienone is 1. The summed E-state index contributed by atoms with van der Waals surface area (Å²) < 4.78 is 12.5. The Morgan fingerprint density at radius 1 is 1.29 bits per heavy atom. The molecule has 0 saturated carbocycles. The van der Waals surface area contributed by atoms with E-state index < -0.39 is 5.97 Å². The summed E-state index contributed by atoms with van der Waals surface area (Å²) in [6.45, 7) is 3.74. The van der Waals surface area contributed by atoms with Crippen LogP contribution in [0.5, 0.6) is 0 Å². The molecule has 0 heterocycles. The predicted molar refractivity (Wildman–Crippen MR) is 52.3 cm³/mol. The van der Waals surface area contributed by atoms with Crippen molar-refractivity contribution in [3.05, 3.63) is 42.2 Å². The number of benzene rings is 1. The second-order valence-corrected chi connectivity index (χ2v) is 3.00. The van der Waals surface area contributed by atoms with E-state index in [2.05, 4.69) is 6.58 Å². The lowest BCUT2D eigenvalue weighted by Gasteiger charge is -2.03. The van der Waals surface area contributed by atoms with Crippen LogP contribution in [0, 0.1) is 5.82 Å². The van der Waals surface area contributed by atoms with Crippen LogP contribution in [0.15, 0.2) is 30.8 Å². The van der Waals surface area contributed by atoms with Gasteiger partial charge in [0.15, 0.2) is 0 Å². The van der Waals surface area contributed by atoms with Gasteiger partial charge >= 0.3 is 5.97 Å². The van der Waals surface area contributed by atoms with E-state index in [4.69, 9.17) is 5.11 Å². The molecular formula is C11H11FO2. The molecule has 1 N–H and O–H groups in total. The third-order valence-corrected chi connectivity index (χ3v) is 1.89. The zero-order valence-electron chi connectivity index (χ0n) is 7.66. The summed E-state index contributed by atoms with van der Waals surface area (Å²) in [7, 11) is 0. The third kappa shape index (κ3) is 3.01. The molecular weight excluding hydrogens is 183 g/mol. The zero-order chi connectivity index (χ0) is 10.6. The van der Waals surface area contributed by atoms with Gasteiger partial charge in [0.1, 0.15) is 5.82 Å². The maximum absolute atomic E-state index is 12.5. The first kappa shape index (κ1) is 10.4. The monoisotopic (exact) mass is 194 g/mol. The molecule has 0 atom stereocenters. The van der Waals surface area contributed by atoms with Gasteiger partial charge in [0.2, 0.25) is 0 Å². The number of carboxylic acids is 1. The smallest absolute Gasteiger partial charge is 0.303 e. The van der Waals surface area contributed by atoms with Gasteiger partial charge in [0, 0.05) is 6.42 Å². The molecule has 0 saturated heterocycles. The Kier molecular flexibility index (Phi) is 3.40. The van der Waals surface area contributed by atoms with E-state index in [0.717, 1.165) is 5.56 Å². The van der Waals surface area contributed by atoms with Gasteiger partial charge in [0.05, 0.1) is 0 Å². The predicted octanol–water partition coefficient (Wildman–Crippen LogP) is 2.70. The number of carbonyl (C=O) groups is 1. The molecule has 1 aromatic carbocycles. The van der Waals surface area contributed by atoms with Gasteiger partial charge in [-0.3, -0.25) is 4.79 Å². The molecule has 0 spiro atoms. The van der Waals surface area contributed by atoms with E-state index in [9.17, 15) is 9.18 Å². The number of hydrogen-bond donors (Lipinski definition) is 1. The van der Waals surface area contributed by atoms with E-state index in [1.807, 2.05) is 0 Å². The van der Waals surface area contributed by atoms with Crippen molar-refractivity contribution < 1.29 is 14.3 Å². The maximum Gasteiger partial charge on any atom is 0.303 e. The number of halogens is 1. The van der Waals surface area contributed by atoms with Gasteiger partial charge in [-0.1, -0.05) is 18.7 Å². The van der Waals surface area contributed by atoms with Crippen LogP contribution in [0.25, 0.3) is 5.57 Å². The van der Waals surface area contributed by atoms with Crippen molar-refractivity contribution in [3.63, 3.8) is 0 Å². The largest absolute Gasteiger partial charge is 0.481 e. The first-order valence-corrected chi connectivity index (χ1v) is 4.25. The van der Waals surface area contributed by atoms with Gasteiger partial charge in [-0.2, -0.15) is 0 Å². The molecule has 0 aliphatic heterocycles. The number of rotatable bonds is 4. The van der Waals surface area contributed by atoms with Crippen LogP contribution in [0.1, 0.15) is 18.4 Å². The fourth-order valence-electron chi connectivity index (χ4n) is 1.09. The lowest BCUT2D eigenvalue weighted by Crippen LogP contribution is -1.94. The summed E-state index contributed by atoms with van der Waals surface area (Å²) in [4.78, 5) is 10.3. The van der Waals surface area contributed by atoms with Crippen LogP contribution in [0.3, 0.4) is 0 Å². The fourth-order valence-corrected chi connectivity index (χ4v) is 1.09. The Morgan fingerprint density at radius 3 is 2.36 bits per heavy atom. The van der Waals surface area contributed by atoms with Crippen LogP contribution in [0.4, 0.5) is 4.39 Å². The first-order chi connectivity index (χ1) is 6.59. The molecule has 0 amide bonds. The third-order valence-electron chi connectivity index (χ3n) is 1.89. The van der Waals surface area contributed by atoms with Crippen LogP contribution in [-0.2, 0) is 4.79 Å². The molecule has 1 aromatic rings. The lowest BCUT2D eigenvalue weighted by molar-refractivity contribution is -0.136. The van der Waals surface area contributed by atoms with E-state index >= 15 is 0 Å². The minimum atomic E-state index is -0.853. The molecule has 0 aromatic heterocycles. The SMILES string of the molecule is C=C(CCC(=O)O)c1ccc(F)cc1. The Bertz CT molecular complexity index is 341. The van der Waals surface area contributed by atoms with E-state index in [0.29, 0.717) is 12.0 Å². The molecule has 74 valence electrons. The average molecular weight is 194 g/mol. The Hall–Kier alpha value is -1.64. The lowest BCUT2D eigenvalue weighted by atomic mass is 10.0. The van der Waals surface area contributed by atoms with Crippen LogP contribution >= 0.6 is 0 Å².